The van der Waals surface area contributed by atoms with Crippen molar-refractivity contribution in [3.8, 4) is 5.75 Å². The number of carboxylic acids is 1. The van der Waals surface area contributed by atoms with Gasteiger partial charge in [-0.15, -0.1) is 16.9 Å². The maximum Gasteiger partial charge on any atom is 1.00 e. The number of para-hydroxylation sites is 1. The van der Waals surface area contributed by atoms with Crippen LogP contribution in [0.5, 0.6) is 5.75 Å². The number of hydrogen-bond donors (Lipinski definition) is 5. The summed E-state index contributed by atoms with van der Waals surface area (Å²) >= 11 is 2.40. The zero-order valence-electron chi connectivity index (χ0n) is 26.3. The van der Waals surface area contributed by atoms with E-state index in [2.05, 4.69) is 36.1 Å². The number of rotatable bonds is 11. The minimum Gasteiger partial charge on any atom is -0.543 e. The van der Waals surface area contributed by atoms with E-state index in [4.69, 9.17) is 5.73 Å². The molecular weight excluding hydrogens is 702 g/mol. The number of anilines is 3. The number of carboxylic acid groups (broad SMARTS) is 1. The number of primary amides is 1. The summed E-state index contributed by atoms with van der Waals surface area (Å²) in [5.41, 5.74) is 5.40. The Labute approximate surface area is 313 Å². The van der Waals surface area contributed by atoms with Crippen LogP contribution in [0.3, 0.4) is 0 Å². The first-order valence-corrected chi connectivity index (χ1v) is 16.4. The summed E-state index contributed by atoms with van der Waals surface area (Å²) in [5.74, 6) is -2.93. The summed E-state index contributed by atoms with van der Waals surface area (Å²) in [6.07, 6.45) is 1.07. The van der Waals surface area contributed by atoms with Crippen LogP contribution in [0.1, 0.15) is 11.6 Å². The van der Waals surface area contributed by atoms with Gasteiger partial charge in [0.15, 0.2) is 0 Å². The molecule has 0 radical (unpaired) electrons. The van der Waals surface area contributed by atoms with Crippen molar-refractivity contribution >= 4 is 64.7 Å². The summed E-state index contributed by atoms with van der Waals surface area (Å²) in [6.45, 7) is 0. The number of aromatic hydroxyl groups is 1. The molecule has 3 atom stereocenters. The van der Waals surface area contributed by atoms with E-state index in [0.29, 0.717) is 16.4 Å². The fourth-order valence-corrected chi connectivity index (χ4v) is 7.59. The van der Waals surface area contributed by atoms with Crippen LogP contribution in [0.2, 0.25) is 0 Å². The largest absolute Gasteiger partial charge is 1.00 e. The number of benzene rings is 2. The average molecular weight is 728 g/mol. The number of aliphatic carboxylic acids is 1. The number of aromatic nitrogens is 6. The maximum atomic E-state index is 14.0. The second kappa shape index (κ2) is 15.3. The zero-order chi connectivity index (χ0) is 34.8. The van der Waals surface area contributed by atoms with Gasteiger partial charge in [0.25, 0.3) is 11.5 Å². The molecule has 2 unspecified atom stereocenters. The number of tetrazole rings is 1. The third kappa shape index (κ3) is 7.33. The average Bonchev–Trinajstić information content (AvgIpc) is 3.50. The molecule has 2 aromatic carbocycles. The number of amides is 4. The molecule has 2 aliphatic rings. The Morgan fingerprint density at radius 2 is 1.90 bits per heavy atom. The van der Waals surface area contributed by atoms with Gasteiger partial charge in [-0.1, -0.05) is 42.1 Å². The van der Waals surface area contributed by atoms with Crippen LogP contribution < -0.4 is 61.5 Å². The van der Waals surface area contributed by atoms with Crippen molar-refractivity contribution in [2.45, 2.75) is 22.6 Å². The van der Waals surface area contributed by atoms with Crippen LogP contribution in [-0.2, 0) is 21.4 Å². The molecule has 4 heterocycles. The Kier molecular flexibility index (Phi) is 11.2. The molecule has 0 aliphatic carbocycles. The molecule has 1 fully saturated rings. The van der Waals surface area contributed by atoms with E-state index in [9.17, 15) is 34.2 Å². The number of carbonyl (C=O) groups excluding carboxylic acids is 4. The topological polar surface area (TPSA) is 257 Å². The number of nitrogens with two attached hydrogens (primary N) is 1. The monoisotopic (exact) mass is 727 g/mol. The molecule has 1 saturated heterocycles. The molecular formula is C29H26N11NaO7S2. The molecule has 252 valence electrons. The van der Waals surface area contributed by atoms with Crippen LogP contribution in [-0.4, -0.2) is 86.9 Å². The predicted octanol–water partition coefficient (Wildman–Crippen LogP) is -3.43. The second-order valence-corrected chi connectivity index (χ2v) is 12.7. The third-order valence-electron chi connectivity index (χ3n) is 7.52. The number of urea groups is 1. The second-order valence-electron chi connectivity index (χ2n) is 10.6. The maximum absolute atomic E-state index is 14.0. The third-order valence-corrected chi connectivity index (χ3v) is 9.96. The van der Waals surface area contributed by atoms with E-state index in [1.165, 1.54) is 52.5 Å². The Morgan fingerprint density at radius 1 is 1.18 bits per heavy atom. The quantitative estimate of drug-likeness (QED) is 0.0573. The van der Waals surface area contributed by atoms with Gasteiger partial charge in [-0.2, -0.15) is 0 Å². The van der Waals surface area contributed by atoms with Gasteiger partial charge in [0.2, 0.25) is 17.0 Å². The fourth-order valence-electron chi connectivity index (χ4n) is 5.25. The van der Waals surface area contributed by atoms with E-state index in [0.717, 1.165) is 16.0 Å². The molecule has 0 saturated carbocycles. The van der Waals surface area contributed by atoms with Crippen LogP contribution >= 0.6 is 23.5 Å². The van der Waals surface area contributed by atoms with Gasteiger partial charge in [0.1, 0.15) is 28.9 Å². The molecule has 0 spiro atoms. The van der Waals surface area contributed by atoms with Crippen molar-refractivity contribution in [3.63, 3.8) is 0 Å². The number of β-lactam (4-membered cyclic amide) rings is 1. The summed E-state index contributed by atoms with van der Waals surface area (Å²) in [4.78, 5) is 74.4. The molecule has 50 heavy (non-hydrogen) atoms. The standard InChI is InChI=1S/C29H27N11O7S2.Na/c1-38-29(35-36-37-38)49-13-15-12-48-25-19(24(44)40(25)21(15)26(45)46)33-23(43)20(14-7-9-17(41)10-8-14)39(27(30)47)18-11-31-28(34-22(18)42)32-16-5-3-2-4-6-16;/h2-11,19-20,25,41H,12-13H2,1H3,(H2,30,47)(H,33,43)(H,45,46)(H2,31,32,34,42);/q;+1/p-1/t19?,20?,25-;/m0./s1. The van der Waals surface area contributed by atoms with Crippen LogP contribution in [0.15, 0.2) is 82.0 Å². The number of H-pyrrole nitrogens is 1. The summed E-state index contributed by atoms with van der Waals surface area (Å²) < 4.78 is 1.42. The van der Waals surface area contributed by atoms with Crippen molar-refractivity contribution < 1.29 is 58.9 Å². The van der Waals surface area contributed by atoms with Gasteiger partial charge < -0.3 is 31.4 Å². The van der Waals surface area contributed by atoms with Gasteiger partial charge >= 0.3 is 35.6 Å². The van der Waals surface area contributed by atoms with Crippen molar-refractivity contribution in [2.24, 2.45) is 12.8 Å². The van der Waals surface area contributed by atoms with Crippen LogP contribution in [0.4, 0.5) is 22.1 Å². The van der Waals surface area contributed by atoms with Crippen molar-refractivity contribution in [1.82, 2.24) is 40.4 Å². The first kappa shape index (κ1) is 36.4. The fraction of sp³-hybridized carbons (Fsp3) is 0.207. The number of nitrogens with one attached hydrogen (secondary N) is 3. The van der Waals surface area contributed by atoms with E-state index in [1.54, 1.807) is 31.3 Å². The first-order valence-electron chi connectivity index (χ1n) is 14.4. The molecule has 6 rings (SSSR count). The molecule has 6 N–H and O–H groups in total. The Hall–Kier alpha value is -4.89. The number of thioether (sulfide) groups is 2. The number of hydrogen-bond acceptors (Lipinski definition) is 14. The molecule has 21 heteroatoms. The number of aryl methyl sites for hydroxylation is 1. The molecule has 2 aliphatic heterocycles. The van der Waals surface area contributed by atoms with Crippen molar-refractivity contribution in [3.05, 3.63) is 88.0 Å². The van der Waals surface area contributed by atoms with Crippen LogP contribution in [0.25, 0.3) is 0 Å². The Balaban J connectivity index is 0.00000486. The van der Waals surface area contributed by atoms with Crippen molar-refractivity contribution in [2.75, 3.05) is 21.7 Å². The summed E-state index contributed by atoms with van der Waals surface area (Å²) in [7, 11) is 1.63. The van der Waals surface area contributed by atoms with E-state index in [1.807, 2.05) is 6.07 Å². The first-order chi connectivity index (χ1) is 23.5. The smallest absolute Gasteiger partial charge is 0.543 e. The number of aromatic amines is 1. The molecule has 18 nitrogen and oxygen atoms in total. The number of phenolic OH excluding ortho intramolecular Hbond substituents is 1. The van der Waals surface area contributed by atoms with E-state index in [-0.39, 0.29) is 69.7 Å². The van der Waals surface area contributed by atoms with Gasteiger partial charge in [0, 0.05) is 24.2 Å². The number of nitrogens with zero attached hydrogens (tertiary/aromatic N) is 7. The zero-order valence-corrected chi connectivity index (χ0v) is 30.0. The molecule has 4 aromatic rings. The number of phenols is 1. The van der Waals surface area contributed by atoms with Gasteiger partial charge in [-0.3, -0.25) is 29.2 Å². The van der Waals surface area contributed by atoms with Crippen LogP contribution in [0, 0.1) is 0 Å². The summed E-state index contributed by atoms with van der Waals surface area (Å²) in [6, 6.07) is 10.1. The van der Waals surface area contributed by atoms with Gasteiger partial charge in [0.05, 0.1) is 17.9 Å². The van der Waals surface area contributed by atoms with Crippen molar-refractivity contribution in [1.29, 1.82) is 0 Å². The minimum atomic E-state index is -1.62. The van der Waals surface area contributed by atoms with E-state index >= 15 is 0 Å². The predicted molar refractivity (Wildman–Crippen MR) is 174 cm³/mol. The van der Waals surface area contributed by atoms with E-state index < -0.39 is 46.8 Å². The van der Waals surface area contributed by atoms with Gasteiger partial charge in [-0.05, 0) is 45.8 Å². The molecule has 4 amide bonds. The molecule has 0 bridgehead atoms. The SMILES string of the molecule is Cn1nnnc1SCC1=C(C(=O)[O-])N2C(=O)C(NC(=O)C(c3ccc(O)cc3)N(C(N)=O)c3cnc(Nc4ccccc4)[nH]c3=O)[C@@H]2SC1.[Na+]. The number of fused-ring (bicyclic) bond motifs is 1. The minimum absolute atomic E-state index is 0. The Bertz CT molecular complexity index is 2030. The Morgan fingerprint density at radius 3 is 2.52 bits per heavy atom. The molecule has 2 aromatic heterocycles. The summed E-state index contributed by atoms with van der Waals surface area (Å²) in [5, 5.41) is 38.4. The normalized spacial score (nSPS) is 17.1. The van der Waals surface area contributed by atoms with Gasteiger partial charge in [-0.25, -0.2) is 14.5 Å². The number of carbonyl (C=O) groups is 4.